The molecule has 0 aliphatic heterocycles. The van der Waals surface area contributed by atoms with E-state index >= 15 is 0 Å². The number of ether oxygens (including phenoxy) is 1. The highest BCUT2D eigenvalue weighted by atomic mass is 35.5. The third kappa shape index (κ3) is 4.48. The molecule has 0 aliphatic rings. The summed E-state index contributed by atoms with van der Waals surface area (Å²) in [6.07, 6.45) is 6.47. The lowest BCUT2D eigenvalue weighted by atomic mass is 10.1. The van der Waals surface area contributed by atoms with Gasteiger partial charge in [-0.3, -0.25) is 4.98 Å². The van der Waals surface area contributed by atoms with Crippen LogP contribution in [0.2, 0.25) is 10.0 Å². The van der Waals surface area contributed by atoms with Crippen LogP contribution < -0.4 is 0 Å². The van der Waals surface area contributed by atoms with E-state index in [1.54, 1.807) is 18.5 Å². The van der Waals surface area contributed by atoms with E-state index in [4.69, 9.17) is 27.9 Å². The number of hydrogen-bond donors (Lipinski definition) is 0. The van der Waals surface area contributed by atoms with Crippen LogP contribution >= 0.6 is 23.2 Å². The highest BCUT2D eigenvalue weighted by Gasteiger charge is 2.09. The summed E-state index contributed by atoms with van der Waals surface area (Å²) >= 11 is 12.2. The summed E-state index contributed by atoms with van der Waals surface area (Å²) in [4.78, 5) is 4.14. The Morgan fingerprint density at radius 3 is 2.76 bits per heavy atom. The third-order valence-corrected chi connectivity index (χ3v) is 3.66. The van der Waals surface area contributed by atoms with E-state index in [1.807, 2.05) is 37.3 Å². The highest BCUT2D eigenvalue weighted by Crippen LogP contribution is 2.27. The Bertz CT molecular complexity index is 626. The SMILES string of the molecule is CC[C@@H](C)O/C(=C\c1ccc(Cl)cc1Cl)c1cccnc1. The molecule has 110 valence electrons. The van der Waals surface area contributed by atoms with Crippen LogP contribution in [0.5, 0.6) is 0 Å². The molecule has 0 saturated carbocycles. The van der Waals surface area contributed by atoms with E-state index in [2.05, 4.69) is 11.9 Å². The smallest absolute Gasteiger partial charge is 0.129 e. The Kier molecular flexibility index (Phi) is 5.66. The summed E-state index contributed by atoms with van der Waals surface area (Å²) in [5.41, 5.74) is 1.78. The number of pyridine rings is 1. The van der Waals surface area contributed by atoms with E-state index in [0.717, 1.165) is 23.3 Å². The van der Waals surface area contributed by atoms with Gasteiger partial charge in [0, 0.05) is 28.0 Å². The van der Waals surface area contributed by atoms with E-state index in [-0.39, 0.29) is 6.10 Å². The average molecular weight is 322 g/mol. The van der Waals surface area contributed by atoms with Crippen molar-refractivity contribution in [3.8, 4) is 0 Å². The Morgan fingerprint density at radius 2 is 2.14 bits per heavy atom. The molecule has 0 unspecified atom stereocenters. The Balaban J connectivity index is 2.41. The second kappa shape index (κ2) is 7.48. The van der Waals surface area contributed by atoms with E-state index < -0.39 is 0 Å². The number of rotatable bonds is 5. The molecule has 2 aromatic rings. The fourth-order valence-corrected chi connectivity index (χ4v) is 2.22. The van der Waals surface area contributed by atoms with Crippen molar-refractivity contribution < 1.29 is 4.74 Å². The van der Waals surface area contributed by atoms with Crippen molar-refractivity contribution in [1.82, 2.24) is 4.98 Å². The summed E-state index contributed by atoms with van der Waals surface area (Å²) in [5, 5.41) is 1.21. The van der Waals surface area contributed by atoms with Gasteiger partial charge in [-0.15, -0.1) is 0 Å². The molecule has 0 N–H and O–H groups in total. The third-order valence-electron chi connectivity index (χ3n) is 3.10. The molecule has 1 aromatic heterocycles. The van der Waals surface area contributed by atoms with Crippen LogP contribution in [0.1, 0.15) is 31.4 Å². The fraction of sp³-hybridized carbons (Fsp3) is 0.235. The lowest BCUT2D eigenvalue weighted by Crippen LogP contribution is -2.05. The number of aromatic nitrogens is 1. The van der Waals surface area contributed by atoms with Gasteiger partial charge in [-0.25, -0.2) is 0 Å². The van der Waals surface area contributed by atoms with E-state index in [9.17, 15) is 0 Å². The summed E-state index contributed by atoms with van der Waals surface area (Å²) in [6, 6.07) is 9.25. The quantitative estimate of drug-likeness (QED) is 0.659. The van der Waals surface area contributed by atoms with Crippen molar-refractivity contribution >= 4 is 35.0 Å². The summed E-state index contributed by atoms with van der Waals surface area (Å²) in [7, 11) is 0. The first-order valence-corrected chi connectivity index (χ1v) is 7.59. The molecule has 0 aliphatic carbocycles. The van der Waals surface area contributed by atoms with Crippen LogP contribution in [0, 0.1) is 0 Å². The first-order chi connectivity index (χ1) is 10.1. The Labute approximate surface area is 135 Å². The maximum absolute atomic E-state index is 6.23. The molecule has 1 aromatic carbocycles. The number of halogens is 2. The first-order valence-electron chi connectivity index (χ1n) is 6.84. The van der Waals surface area contributed by atoms with Gasteiger partial charge in [0.2, 0.25) is 0 Å². The largest absolute Gasteiger partial charge is 0.490 e. The fourth-order valence-electron chi connectivity index (χ4n) is 1.75. The topological polar surface area (TPSA) is 22.1 Å². The zero-order valence-corrected chi connectivity index (χ0v) is 13.5. The monoisotopic (exact) mass is 321 g/mol. The molecular formula is C17H17Cl2NO. The van der Waals surface area contributed by atoms with E-state index in [0.29, 0.717) is 10.0 Å². The second-order valence-electron chi connectivity index (χ2n) is 4.75. The maximum Gasteiger partial charge on any atom is 0.129 e. The summed E-state index contributed by atoms with van der Waals surface area (Å²) in [5.74, 6) is 0.752. The van der Waals surface area contributed by atoms with Crippen molar-refractivity contribution in [2.45, 2.75) is 26.4 Å². The molecule has 1 heterocycles. The average Bonchev–Trinajstić information content (AvgIpc) is 2.49. The molecule has 2 rings (SSSR count). The van der Waals surface area contributed by atoms with Gasteiger partial charge in [-0.2, -0.15) is 0 Å². The Hall–Kier alpha value is -1.51. The maximum atomic E-state index is 6.23. The first kappa shape index (κ1) is 15.9. The van der Waals surface area contributed by atoms with Crippen LogP contribution in [0.25, 0.3) is 11.8 Å². The van der Waals surface area contributed by atoms with E-state index in [1.165, 1.54) is 0 Å². The van der Waals surface area contributed by atoms with Crippen LogP contribution in [-0.2, 0) is 4.74 Å². The zero-order valence-electron chi connectivity index (χ0n) is 12.0. The molecule has 21 heavy (non-hydrogen) atoms. The van der Waals surface area contributed by atoms with Gasteiger partial charge in [0.1, 0.15) is 5.76 Å². The minimum atomic E-state index is 0.113. The van der Waals surface area contributed by atoms with Crippen LogP contribution in [0.3, 0.4) is 0 Å². The molecular weight excluding hydrogens is 305 g/mol. The van der Waals surface area contributed by atoms with Crippen molar-refractivity contribution in [3.63, 3.8) is 0 Å². The van der Waals surface area contributed by atoms with Crippen LogP contribution in [0.15, 0.2) is 42.7 Å². The van der Waals surface area contributed by atoms with Crippen LogP contribution in [-0.4, -0.2) is 11.1 Å². The molecule has 0 fully saturated rings. The molecule has 0 bridgehead atoms. The molecule has 0 radical (unpaired) electrons. The Morgan fingerprint density at radius 1 is 1.33 bits per heavy atom. The molecule has 0 amide bonds. The van der Waals surface area contributed by atoms with Gasteiger partial charge >= 0.3 is 0 Å². The molecule has 0 saturated heterocycles. The van der Waals surface area contributed by atoms with Gasteiger partial charge in [-0.05, 0) is 49.2 Å². The lowest BCUT2D eigenvalue weighted by Gasteiger charge is -2.16. The normalized spacial score (nSPS) is 13.0. The van der Waals surface area contributed by atoms with Gasteiger partial charge in [-0.1, -0.05) is 36.2 Å². The lowest BCUT2D eigenvalue weighted by molar-refractivity contribution is 0.182. The molecule has 2 nitrogen and oxygen atoms in total. The minimum absolute atomic E-state index is 0.113. The predicted molar refractivity (Wildman–Crippen MR) is 89.4 cm³/mol. The molecule has 4 heteroatoms. The van der Waals surface area contributed by atoms with Crippen molar-refractivity contribution in [1.29, 1.82) is 0 Å². The summed E-state index contributed by atoms with van der Waals surface area (Å²) < 4.78 is 6.00. The number of hydrogen-bond acceptors (Lipinski definition) is 2. The second-order valence-corrected chi connectivity index (χ2v) is 5.60. The van der Waals surface area contributed by atoms with Gasteiger partial charge < -0.3 is 4.74 Å². The zero-order chi connectivity index (χ0) is 15.2. The van der Waals surface area contributed by atoms with Gasteiger partial charge in [0.05, 0.1) is 6.10 Å². The van der Waals surface area contributed by atoms with Gasteiger partial charge in [0.15, 0.2) is 0 Å². The van der Waals surface area contributed by atoms with Gasteiger partial charge in [0.25, 0.3) is 0 Å². The molecule has 0 spiro atoms. The minimum Gasteiger partial charge on any atom is -0.490 e. The predicted octanol–water partition coefficient (Wildman–Crippen LogP) is 5.70. The highest BCUT2D eigenvalue weighted by molar-refractivity contribution is 6.35. The van der Waals surface area contributed by atoms with Crippen LogP contribution in [0.4, 0.5) is 0 Å². The molecule has 1 atom stereocenters. The van der Waals surface area contributed by atoms with Crippen molar-refractivity contribution in [2.75, 3.05) is 0 Å². The van der Waals surface area contributed by atoms with Crippen molar-refractivity contribution in [3.05, 3.63) is 63.9 Å². The van der Waals surface area contributed by atoms with Crippen molar-refractivity contribution in [2.24, 2.45) is 0 Å². The summed E-state index contributed by atoms with van der Waals surface area (Å²) in [6.45, 7) is 4.12. The standard InChI is InChI=1S/C17H17Cl2NO/c1-3-12(2)21-17(14-5-4-8-20-11-14)9-13-6-7-15(18)10-16(13)19/h4-12H,3H2,1-2H3/b17-9-/t12-/m1/s1. The number of benzene rings is 1. The number of nitrogens with zero attached hydrogens (tertiary/aromatic N) is 1.